The van der Waals surface area contributed by atoms with Crippen LogP contribution in [-0.2, 0) is 0 Å². The van der Waals surface area contributed by atoms with Gasteiger partial charge in [-0.2, -0.15) is 0 Å². The highest BCUT2D eigenvalue weighted by Crippen LogP contribution is 2.26. The molecule has 2 N–H and O–H groups in total. The van der Waals surface area contributed by atoms with E-state index in [1.807, 2.05) is 13.1 Å². The molecule has 41 heavy (non-hydrogen) atoms. The Labute approximate surface area is 261 Å². The number of likely N-dealkylation sites (N-methyl/N-ethyl adjacent to an activating group) is 1. The Morgan fingerprint density at radius 2 is 1.59 bits per heavy atom. The fourth-order valence-electron chi connectivity index (χ4n) is 5.75. The summed E-state index contributed by atoms with van der Waals surface area (Å²) in [6, 6.07) is 0. The highest BCUT2D eigenvalue weighted by molar-refractivity contribution is 7.80. The Morgan fingerprint density at radius 3 is 2.24 bits per heavy atom. The number of nitrogens with one attached hydrogen (secondary N) is 2. The lowest BCUT2D eigenvalue weighted by molar-refractivity contribution is 0.497. The van der Waals surface area contributed by atoms with E-state index in [1.54, 1.807) is 11.1 Å². The van der Waals surface area contributed by atoms with Crippen LogP contribution in [0, 0.1) is 0 Å². The van der Waals surface area contributed by atoms with Crippen molar-refractivity contribution in [3.05, 3.63) is 59.4 Å². The van der Waals surface area contributed by atoms with Crippen LogP contribution in [0.5, 0.6) is 0 Å². The third-order valence-electron chi connectivity index (χ3n) is 8.35. The van der Waals surface area contributed by atoms with E-state index in [0.717, 1.165) is 43.0 Å². The Hall–Kier alpha value is -1.65. The van der Waals surface area contributed by atoms with Gasteiger partial charge in [0, 0.05) is 45.0 Å². The standard InChI is InChI=1S/C37H65N3S/c1-6-9-10-11-18-23-29-36(38-4)35(8-3)37(41)40(5)32-31-39-30-24-19-22-28-34-27-21-17-15-13-12-14-16-20-26-33(34)25-7-2/h7-8,19,24-25,38-39H,3,6,9-18,20-23,26-32H2,1-2,4-5H3/b24-19?,25-7-,34-33+,36-35?. The van der Waals surface area contributed by atoms with Crippen molar-refractivity contribution in [2.24, 2.45) is 0 Å². The second-order valence-electron chi connectivity index (χ2n) is 11.8. The zero-order valence-corrected chi connectivity index (χ0v) is 28.3. The molecule has 0 heterocycles. The van der Waals surface area contributed by atoms with Gasteiger partial charge in [0.1, 0.15) is 4.99 Å². The Bertz CT molecular complexity index is 820. The van der Waals surface area contributed by atoms with Crippen LogP contribution in [0.15, 0.2) is 59.4 Å². The topological polar surface area (TPSA) is 27.3 Å². The lowest BCUT2D eigenvalue weighted by atomic mass is 9.92. The Balaban J connectivity index is 2.46. The quantitative estimate of drug-likeness (QED) is 0.0520. The van der Waals surface area contributed by atoms with Crippen molar-refractivity contribution < 1.29 is 0 Å². The van der Waals surface area contributed by atoms with Gasteiger partial charge < -0.3 is 15.5 Å². The van der Waals surface area contributed by atoms with E-state index in [0.29, 0.717) is 0 Å². The highest BCUT2D eigenvalue weighted by atomic mass is 32.1. The molecule has 0 aromatic heterocycles. The maximum Gasteiger partial charge on any atom is 0.110 e. The van der Waals surface area contributed by atoms with Gasteiger partial charge in [0.05, 0.1) is 0 Å². The van der Waals surface area contributed by atoms with E-state index in [-0.39, 0.29) is 0 Å². The molecule has 0 bridgehead atoms. The molecular weight excluding hydrogens is 518 g/mol. The zero-order valence-electron chi connectivity index (χ0n) is 27.5. The Morgan fingerprint density at radius 1 is 0.927 bits per heavy atom. The smallest absolute Gasteiger partial charge is 0.110 e. The first-order valence-corrected chi connectivity index (χ1v) is 17.5. The minimum absolute atomic E-state index is 0.884. The fourth-order valence-corrected chi connectivity index (χ4v) is 6.05. The SMILES string of the molecule is C=CC(C(=S)N(C)CCNCC=CCC/C1=C(\C=C/C)CCCCCCCCCC1)=C(CCCCCCCC)NC. The van der Waals surface area contributed by atoms with Crippen LogP contribution >= 0.6 is 12.2 Å². The van der Waals surface area contributed by atoms with Crippen molar-refractivity contribution in [1.82, 2.24) is 15.5 Å². The number of hydrogen-bond acceptors (Lipinski definition) is 3. The first kappa shape index (κ1) is 37.4. The minimum Gasteiger partial charge on any atom is -0.391 e. The molecule has 4 heteroatoms. The molecule has 234 valence electrons. The van der Waals surface area contributed by atoms with Crippen LogP contribution in [0.25, 0.3) is 0 Å². The summed E-state index contributed by atoms with van der Waals surface area (Å²) in [6.45, 7) is 11.2. The summed E-state index contributed by atoms with van der Waals surface area (Å²) in [5, 5.41) is 6.98. The largest absolute Gasteiger partial charge is 0.391 e. The van der Waals surface area contributed by atoms with Gasteiger partial charge in [0.25, 0.3) is 0 Å². The molecule has 0 radical (unpaired) electrons. The van der Waals surface area contributed by atoms with Crippen molar-refractivity contribution >= 4 is 17.2 Å². The summed E-state index contributed by atoms with van der Waals surface area (Å²) in [5.41, 5.74) is 5.63. The molecule has 1 aliphatic carbocycles. The lowest BCUT2D eigenvalue weighted by Crippen LogP contribution is -2.34. The number of hydrogen-bond donors (Lipinski definition) is 2. The van der Waals surface area contributed by atoms with E-state index < -0.39 is 0 Å². The van der Waals surface area contributed by atoms with Crippen molar-refractivity contribution in [3.8, 4) is 0 Å². The van der Waals surface area contributed by atoms with Gasteiger partial charge in [-0.1, -0.05) is 132 Å². The van der Waals surface area contributed by atoms with Gasteiger partial charge in [0.2, 0.25) is 0 Å². The molecule has 1 aliphatic rings. The van der Waals surface area contributed by atoms with Gasteiger partial charge >= 0.3 is 0 Å². The van der Waals surface area contributed by atoms with Crippen LogP contribution < -0.4 is 10.6 Å². The van der Waals surface area contributed by atoms with Crippen LogP contribution in [0.1, 0.15) is 136 Å². The second kappa shape index (κ2) is 26.0. The van der Waals surface area contributed by atoms with Gasteiger partial charge in [-0.3, -0.25) is 0 Å². The molecule has 1 rings (SSSR count). The maximum atomic E-state index is 5.86. The highest BCUT2D eigenvalue weighted by Gasteiger charge is 2.12. The molecule has 0 unspecified atom stereocenters. The van der Waals surface area contributed by atoms with E-state index in [2.05, 4.69) is 67.3 Å². The average molecular weight is 584 g/mol. The number of allylic oxidation sites excluding steroid dienone is 6. The van der Waals surface area contributed by atoms with Crippen molar-refractivity contribution in [2.45, 2.75) is 136 Å². The lowest BCUT2D eigenvalue weighted by Gasteiger charge is -2.23. The van der Waals surface area contributed by atoms with Crippen LogP contribution in [0.4, 0.5) is 0 Å². The maximum absolute atomic E-state index is 5.86. The summed E-state index contributed by atoms with van der Waals surface area (Å²) >= 11 is 5.86. The molecule has 0 saturated carbocycles. The van der Waals surface area contributed by atoms with E-state index in [9.17, 15) is 0 Å². The Kier molecular flexibility index (Phi) is 23.7. The van der Waals surface area contributed by atoms with Gasteiger partial charge in [-0.25, -0.2) is 0 Å². The van der Waals surface area contributed by atoms with Crippen LogP contribution in [0.3, 0.4) is 0 Å². The molecule has 0 amide bonds. The van der Waals surface area contributed by atoms with Gasteiger partial charge in [0.15, 0.2) is 0 Å². The summed E-state index contributed by atoms with van der Waals surface area (Å²) < 4.78 is 0. The minimum atomic E-state index is 0.884. The number of unbranched alkanes of at least 4 members (excludes halogenated alkanes) is 5. The summed E-state index contributed by atoms with van der Waals surface area (Å²) in [5.74, 6) is 0. The third kappa shape index (κ3) is 17.8. The fraction of sp³-hybridized carbons (Fsp3) is 0.703. The number of thiocarbonyl (C=S) groups is 1. The zero-order chi connectivity index (χ0) is 30.0. The molecule has 0 spiro atoms. The first-order valence-electron chi connectivity index (χ1n) is 17.1. The van der Waals surface area contributed by atoms with E-state index in [1.165, 1.54) is 115 Å². The molecule has 0 aromatic rings. The van der Waals surface area contributed by atoms with Crippen molar-refractivity contribution in [1.29, 1.82) is 0 Å². The predicted octanol–water partition coefficient (Wildman–Crippen LogP) is 10.4. The molecule has 0 saturated heterocycles. The van der Waals surface area contributed by atoms with Crippen LogP contribution in [0.2, 0.25) is 0 Å². The average Bonchev–Trinajstić information content (AvgIpc) is 2.97. The molecule has 0 aliphatic heterocycles. The van der Waals surface area contributed by atoms with Gasteiger partial charge in [-0.15, -0.1) is 0 Å². The normalized spacial score (nSPS) is 18.1. The van der Waals surface area contributed by atoms with Crippen molar-refractivity contribution in [2.75, 3.05) is 33.7 Å². The number of rotatable bonds is 19. The molecule has 0 atom stereocenters. The molecule has 0 aromatic carbocycles. The molecule has 3 nitrogen and oxygen atoms in total. The first-order chi connectivity index (χ1) is 20.1. The van der Waals surface area contributed by atoms with Crippen LogP contribution in [-0.4, -0.2) is 43.6 Å². The molecule has 0 fully saturated rings. The van der Waals surface area contributed by atoms with E-state index in [4.69, 9.17) is 12.2 Å². The summed E-state index contributed by atoms with van der Waals surface area (Å²) in [7, 11) is 4.10. The van der Waals surface area contributed by atoms with Crippen molar-refractivity contribution in [3.63, 3.8) is 0 Å². The summed E-state index contributed by atoms with van der Waals surface area (Å²) in [6.07, 6.45) is 36.2. The predicted molar refractivity (Wildman–Crippen MR) is 189 cm³/mol. The number of nitrogens with zero attached hydrogens (tertiary/aromatic N) is 1. The summed E-state index contributed by atoms with van der Waals surface area (Å²) in [4.78, 5) is 3.07. The van der Waals surface area contributed by atoms with Gasteiger partial charge in [-0.05, 0) is 63.9 Å². The van der Waals surface area contributed by atoms with E-state index >= 15 is 0 Å². The molecular formula is C37H65N3S. The third-order valence-corrected chi connectivity index (χ3v) is 8.88. The second-order valence-corrected chi connectivity index (χ2v) is 12.1. The monoisotopic (exact) mass is 583 g/mol.